The summed E-state index contributed by atoms with van der Waals surface area (Å²) in [7, 11) is 1.67. The Labute approximate surface area is 102 Å². The van der Waals surface area contributed by atoms with Crippen LogP contribution in [0.25, 0.3) is 0 Å². The number of methoxy groups -OCH3 is 1. The van der Waals surface area contributed by atoms with Crippen molar-refractivity contribution < 1.29 is 4.74 Å². The molecule has 2 rings (SSSR count). The number of nitrogens with one attached hydrogen (secondary N) is 1. The van der Waals surface area contributed by atoms with Crippen molar-refractivity contribution in [2.75, 3.05) is 7.11 Å². The number of benzene rings is 1. The molecule has 0 saturated carbocycles. The predicted octanol–water partition coefficient (Wildman–Crippen LogP) is 2.92. The van der Waals surface area contributed by atoms with Gasteiger partial charge in [0.05, 0.1) is 19.2 Å². The van der Waals surface area contributed by atoms with E-state index in [0.29, 0.717) is 6.04 Å². The van der Waals surface area contributed by atoms with E-state index in [9.17, 15) is 0 Å². The van der Waals surface area contributed by atoms with Gasteiger partial charge in [0.1, 0.15) is 5.75 Å². The second kappa shape index (κ2) is 4.92. The first kappa shape index (κ1) is 11.5. The molecule has 0 radical (unpaired) electrons. The van der Waals surface area contributed by atoms with Crippen LogP contribution >= 0.6 is 0 Å². The van der Waals surface area contributed by atoms with E-state index < -0.39 is 0 Å². The third-order valence-electron chi connectivity index (χ3n) is 3.18. The monoisotopic (exact) mass is 228 g/mol. The molecule has 0 spiro atoms. The first-order chi connectivity index (χ1) is 8.24. The molecule has 17 heavy (non-hydrogen) atoms. The number of hydrogen-bond donors (Lipinski definition) is 1. The minimum absolute atomic E-state index is 0.304. The highest BCUT2D eigenvalue weighted by Crippen LogP contribution is 2.28. The summed E-state index contributed by atoms with van der Waals surface area (Å²) in [6.07, 6.45) is 1.82. The van der Waals surface area contributed by atoms with Crippen molar-refractivity contribution in [3.05, 3.63) is 41.1 Å². The SMILES string of the molecule is COc1ccc([C@@H]2CCC(C#N)=C(C)N2)cc1. The van der Waals surface area contributed by atoms with E-state index in [2.05, 4.69) is 23.5 Å². The van der Waals surface area contributed by atoms with Crippen LogP contribution in [0.5, 0.6) is 5.75 Å². The summed E-state index contributed by atoms with van der Waals surface area (Å²) in [5.74, 6) is 0.870. The summed E-state index contributed by atoms with van der Waals surface area (Å²) in [5, 5.41) is 12.3. The second-order valence-electron chi connectivity index (χ2n) is 4.22. The van der Waals surface area contributed by atoms with Gasteiger partial charge >= 0.3 is 0 Å². The average Bonchev–Trinajstić information content (AvgIpc) is 2.39. The smallest absolute Gasteiger partial charge is 0.118 e. The van der Waals surface area contributed by atoms with Gasteiger partial charge in [0.15, 0.2) is 0 Å². The standard InChI is InChI=1S/C14H16N2O/c1-10-12(9-15)5-8-14(16-10)11-3-6-13(17-2)7-4-11/h3-4,6-7,14,16H,5,8H2,1-2H3/t14-/m0/s1. The zero-order valence-electron chi connectivity index (χ0n) is 10.2. The van der Waals surface area contributed by atoms with Crippen molar-refractivity contribution in [1.82, 2.24) is 5.32 Å². The predicted molar refractivity (Wildman–Crippen MR) is 66.4 cm³/mol. The molecule has 0 fully saturated rings. The topological polar surface area (TPSA) is 45.0 Å². The van der Waals surface area contributed by atoms with Crippen LogP contribution in [0.3, 0.4) is 0 Å². The highest BCUT2D eigenvalue weighted by molar-refractivity contribution is 5.33. The van der Waals surface area contributed by atoms with E-state index in [1.807, 2.05) is 19.1 Å². The fourth-order valence-electron chi connectivity index (χ4n) is 2.12. The van der Waals surface area contributed by atoms with Gasteiger partial charge in [-0.2, -0.15) is 5.26 Å². The molecule has 3 nitrogen and oxygen atoms in total. The summed E-state index contributed by atoms with van der Waals surface area (Å²) < 4.78 is 5.14. The van der Waals surface area contributed by atoms with E-state index in [1.54, 1.807) is 7.11 Å². The number of ether oxygens (including phenoxy) is 1. The van der Waals surface area contributed by atoms with Crippen LogP contribution in [-0.2, 0) is 0 Å². The highest BCUT2D eigenvalue weighted by atomic mass is 16.5. The maximum atomic E-state index is 8.92. The van der Waals surface area contributed by atoms with Crippen LogP contribution in [0, 0.1) is 11.3 Å². The van der Waals surface area contributed by atoms with Crippen LogP contribution in [0.4, 0.5) is 0 Å². The summed E-state index contributed by atoms with van der Waals surface area (Å²) in [6, 6.07) is 10.6. The van der Waals surface area contributed by atoms with Gasteiger partial charge in [-0.05, 0) is 37.5 Å². The minimum Gasteiger partial charge on any atom is -0.497 e. The minimum atomic E-state index is 0.304. The summed E-state index contributed by atoms with van der Waals surface area (Å²) in [6.45, 7) is 1.97. The highest BCUT2D eigenvalue weighted by Gasteiger charge is 2.18. The first-order valence-electron chi connectivity index (χ1n) is 5.75. The second-order valence-corrected chi connectivity index (χ2v) is 4.22. The molecule has 0 unspecified atom stereocenters. The summed E-state index contributed by atoms with van der Waals surface area (Å²) >= 11 is 0. The molecule has 1 N–H and O–H groups in total. The molecule has 88 valence electrons. The molecule has 1 aliphatic heterocycles. The number of nitrogens with zero attached hydrogens (tertiary/aromatic N) is 1. The van der Waals surface area contributed by atoms with Crippen LogP contribution in [0.2, 0.25) is 0 Å². The van der Waals surface area contributed by atoms with Crippen LogP contribution in [0.15, 0.2) is 35.5 Å². The molecule has 0 aromatic heterocycles. The van der Waals surface area contributed by atoms with Gasteiger partial charge in [-0.3, -0.25) is 0 Å². The molecular weight excluding hydrogens is 212 g/mol. The van der Waals surface area contributed by atoms with Crippen LogP contribution in [0.1, 0.15) is 31.4 Å². The number of hydrogen-bond acceptors (Lipinski definition) is 3. The van der Waals surface area contributed by atoms with E-state index in [-0.39, 0.29) is 0 Å². The lowest BCUT2D eigenvalue weighted by atomic mass is 9.94. The maximum Gasteiger partial charge on any atom is 0.118 e. The van der Waals surface area contributed by atoms with Crippen molar-refractivity contribution in [2.45, 2.75) is 25.8 Å². The summed E-state index contributed by atoms with van der Waals surface area (Å²) in [5.41, 5.74) is 3.11. The fraction of sp³-hybridized carbons (Fsp3) is 0.357. The molecule has 0 aliphatic carbocycles. The van der Waals surface area contributed by atoms with E-state index >= 15 is 0 Å². The van der Waals surface area contributed by atoms with Gasteiger partial charge in [0.25, 0.3) is 0 Å². The van der Waals surface area contributed by atoms with Gasteiger partial charge in [-0.1, -0.05) is 12.1 Å². The van der Waals surface area contributed by atoms with Gasteiger partial charge in [0.2, 0.25) is 0 Å². The lowest BCUT2D eigenvalue weighted by molar-refractivity contribution is 0.414. The van der Waals surface area contributed by atoms with Crippen LogP contribution in [-0.4, -0.2) is 7.11 Å². The molecule has 0 saturated heterocycles. The third kappa shape index (κ3) is 2.42. The Balaban J connectivity index is 2.15. The molecule has 1 aromatic rings. The Kier molecular flexibility index (Phi) is 3.34. The number of nitriles is 1. The van der Waals surface area contributed by atoms with Crippen molar-refractivity contribution in [3.63, 3.8) is 0 Å². The van der Waals surface area contributed by atoms with E-state index in [0.717, 1.165) is 29.9 Å². The molecule has 1 heterocycles. The molecule has 1 aliphatic rings. The fourth-order valence-corrected chi connectivity index (χ4v) is 2.12. The lowest BCUT2D eigenvalue weighted by Gasteiger charge is -2.26. The third-order valence-corrected chi connectivity index (χ3v) is 3.18. The molecule has 3 heteroatoms. The quantitative estimate of drug-likeness (QED) is 0.846. The summed E-state index contributed by atoms with van der Waals surface area (Å²) in [4.78, 5) is 0. The number of rotatable bonds is 2. The van der Waals surface area contributed by atoms with Gasteiger partial charge in [0, 0.05) is 11.3 Å². The Morgan fingerprint density at radius 1 is 1.35 bits per heavy atom. The Morgan fingerprint density at radius 3 is 2.59 bits per heavy atom. The Hall–Kier alpha value is -1.95. The zero-order valence-corrected chi connectivity index (χ0v) is 10.2. The molecule has 1 aromatic carbocycles. The van der Waals surface area contributed by atoms with Crippen molar-refractivity contribution in [2.24, 2.45) is 0 Å². The normalized spacial score (nSPS) is 19.5. The van der Waals surface area contributed by atoms with Crippen molar-refractivity contribution in [3.8, 4) is 11.8 Å². The van der Waals surface area contributed by atoms with Crippen molar-refractivity contribution >= 4 is 0 Å². The van der Waals surface area contributed by atoms with E-state index in [4.69, 9.17) is 10.00 Å². The Bertz CT molecular complexity index is 468. The van der Waals surface area contributed by atoms with Gasteiger partial charge in [-0.15, -0.1) is 0 Å². The van der Waals surface area contributed by atoms with Crippen molar-refractivity contribution in [1.29, 1.82) is 5.26 Å². The van der Waals surface area contributed by atoms with Gasteiger partial charge < -0.3 is 10.1 Å². The van der Waals surface area contributed by atoms with Gasteiger partial charge in [-0.25, -0.2) is 0 Å². The maximum absolute atomic E-state index is 8.92. The molecular formula is C14H16N2O. The first-order valence-corrected chi connectivity index (χ1v) is 5.75. The zero-order chi connectivity index (χ0) is 12.3. The van der Waals surface area contributed by atoms with Crippen LogP contribution < -0.4 is 10.1 Å². The van der Waals surface area contributed by atoms with E-state index in [1.165, 1.54) is 5.56 Å². The number of allylic oxidation sites excluding steroid dienone is 2. The molecule has 1 atom stereocenters. The average molecular weight is 228 g/mol. The lowest BCUT2D eigenvalue weighted by Crippen LogP contribution is -2.24. The molecule has 0 amide bonds. The Morgan fingerprint density at radius 2 is 2.06 bits per heavy atom. The largest absolute Gasteiger partial charge is 0.497 e. The molecule has 0 bridgehead atoms.